The predicted octanol–water partition coefficient (Wildman–Crippen LogP) is 4.41. The minimum absolute atomic E-state index is 0.103. The van der Waals surface area contributed by atoms with E-state index in [1.54, 1.807) is 0 Å². The van der Waals surface area contributed by atoms with Gasteiger partial charge in [-0.1, -0.05) is 23.8 Å². The molecule has 1 atom stereocenters. The van der Waals surface area contributed by atoms with Crippen LogP contribution < -0.4 is 0 Å². The van der Waals surface area contributed by atoms with Crippen molar-refractivity contribution in [1.29, 1.82) is 0 Å². The molecule has 0 aromatic carbocycles. The Morgan fingerprint density at radius 3 is 2.94 bits per heavy atom. The van der Waals surface area contributed by atoms with E-state index in [0.717, 1.165) is 57.3 Å². The molecule has 0 amide bonds. The van der Waals surface area contributed by atoms with E-state index in [0.29, 0.717) is 19.4 Å². The highest BCUT2D eigenvalue weighted by molar-refractivity contribution is 5.82. The van der Waals surface area contributed by atoms with Gasteiger partial charge in [0.2, 0.25) is 0 Å². The summed E-state index contributed by atoms with van der Waals surface area (Å²) in [5, 5.41) is 20.7. The molecule has 0 saturated carbocycles. The number of allylic oxidation sites excluding steroid dienone is 4. The third-order valence-corrected chi connectivity index (χ3v) is 6.49. The Hall–Kier alpha value is -2.44. The van der Waals surface area contributed by atoms with Crippen molar-refractivity contribution >= 4 is 17.0 Å². The van der Waals surface area contributed by atoms with Gasteiger partial charge in [-0.15, -0.1) is 0 Å². The molecule has 166 valence electrons. The van der Waals surface area contributed by atoms with E-state index in [2.05, 4.69) is 38.7 Å². The molecular formula is C25H33N3O3. The first-order valence-electron chi connectivity index (χ1n) is 11.6. The van der Waals surface area contributed by atoms with Gasteiger partial charge in [0.1, 0.15) is 11.9 Å². The minimum atomic E-state index is -0.807. The average molecular weight is 424 g/mol. The van der Waals surface area contributed by atoms with Crippen LogP contribution in [0.1, 0.15) is 62.6 Å². The summed E-state index contributed by atoms with van der Waals surface area (Å²) in [6.45, 7) is 2.41. The summed E-state index contributed by atoms with van der Waals surface area (Å²) in [7, 11) is 0. The van der Waals surface area contributed by atoms with E-state index in [4.69, 9.17) is 5.11 Å². The smallest absolute Gasteiger partial charge is 0.303 e. The quantitative estimate of drug-likeness (QED) is 0.553. The number of pyridine rings is 1. The van der Waals surface area contributed by atoms with Crippen LogP contribution in [0.4, 0.5) is 0 Å². The lowest BCUT2D eigenvalue weighted by Gasteiger charge is -2.32. The third-order valence-electron chi connectivity index (χ3n) is 6.49. The fourth-order valence-electron chi connectivity index (χ4n) is 4.85. The van der Waals surface area contributed by atoms with Crippen LogP contribution in [0.25, 0.3) is 11.0 Å². The van der Waals surface area contributed by atoms with Crippen LogP contribution in [0.3, 0.4) is 0 Å². The second kappa shape index (κ2) is 10.2. The zero-order valence-electron chi connectivity index (χ0n) is 18.2. The van der Waals surface area contributed by atoms with Crippen molar-refractivity contribution in [3.63, 3.8) is 0 Å². The van der Waals surface area contributed by atoms with Crippen LogP contribution in [0, 0.1) is 0 Å². The van der Waals surface area contributed by atoms with Crippen LogP contribution in [0.5, 0.6) is 0 Å². The van der Waals surface area contributed by atoms with Crippen molar-refractivity contribution in [3.8, 4) is 0 Å². The molecule has 1 aliphatic heterocycles. The number of fused-ring (bicyclic) bond motifs is 3. The maximum Gasteiger partial charge on any atom is 0.303 e. The monoisotopic (exact) mass is 423 g/mol. The summed E-state index contributed by atoms with van der Waals surface area (Å²) in [5.74, 6) is -0.807. The molecule has 31 heavy (non-hydrogen) atoms. The van der Waals surface area contributed by atoms with E-state index in [9.17, 15) is 9.90 Å². The van der Waals surface area contributed by atoms with Crippen LogP contribution in [-0.2, 0) is 24.3 Å². The highest BCUT2D eigenvalue weighted by Gasteiger charge is 2.27. The topological polar surface area (TPSA) is 78.6 Å². The Labute approximate surface area is 183 Å². The van der Waals surface area contributed by atoms with Crippen molar-refractivity contribution in [2.24, 2.45) is 0 Å². The summed E-state index contributed by atoms with van der Waals surface area (Å²) in [5.41, 5.74) is 5.12. The molecular weight excluding hydrogens is 390 g/mol. The lowest BCUT2D eigenvalue weighted by atomic mass is 10.0. The second-order valence-corrected chi connectivity index (χ2v) is 8.65. The zero-order valence-corrected chi connectivity index (χ0v) is 18.2. The lowest BCUT2D eigenvalue weighted by Crippen LogP contribution is -2.39. The second-order valence-electron chi connectivity index (χ2n) is 8.65. The number of unbranched alkanes of at least 4 members (excludes halogenated alkanes) is 1. The molecule has 1 aliphatic carbocycles. The number of aliphatic hydroxyl groups excluding tert-OH is 1. The highest BCUT2D eigenvalue weighted by Crippen LogP contribution is 2.31. The first-order chi connectivity index (χ1) is 15.1. The molecule has 2 aromatic heterocycles. The molecule has 6 heteroatoms. The van der Waals surface area contributed by atoms with E-state index >= 15 is 0 Å². The first kappa shape index (κ1) is 21.8. The largest absolute Gasteiger partial charge is 0.481 e. The number of aliphatic carboxylic acids is 1. The average Bonchev–Trinajstić information content (AvgIpc) is 3.10. The Morgan fingerprint density at radius 2 is 2.13 bits per heavy atom. The molecule has 3 heterocycles. The van der Waals surface area contributed by atoms with Gasteiger partial charge in [0, 0.05) is 43.3 Å². The number of rotatable bonds is 10. The van der Waals surface area contributed by atoms with Gasteiger partial charge in [-0.25, -0.2) is 4.98 Å². The SMILES string of the molecule is O=C(O)CCCC(O)N1CCc2c(n(CCCCC3=CCCC=C3)c3ncccc23)C1. The minimum Gasteiger partial charge on any atom is -0.481 e. The zero-order chi connectivity index (χ0) is 21.6. The molecule has 6 nitrogen and oxygen atoms in total. The third kappa shape index (κ3) is 5.25. The van der Waals surface area contributed by atoms with Crippen molar-refractivity contribution < 1.29 is 15.0 Å². The van der Waals surface area contributed by atoms with Gasteiger partial charge in [0.15, 0.2) is 0 Å². The van der Waals surface area contributed by atoms with Crippen molar-refractivity contribution in [3.05, 3.63) is 53.4 Å². The Bertz CT molecular complexity index is 976. The van der Waals surface area contributed by atoms with Crippen LogP contribution >= 0.6 is 0 Å². The van der Waals surface area contributed by atoms with Crippen molar-refractivity contribution in [1.82, 2.24) is 14.5 Å². The van der Waals surface area contributed by atoms with Crippen LogP contribution in [0.15, 0.2) is 42.1 Å². The number of hydrogen-bond acceptors (Lipinski definition) is 4. The van der Waals surface area contributed by atoms with Gasteiger partial charge in [-0.3, -0.25) is 9.69 Å². The predicted molar refractivity (Wildman–Crippen MR) is 122 cm³/mol. The fraction of sp³-hybridized carbons (Fsp3) is 0.520. The number of aryl methyl sites for hydroxylation is 1. The Morgan fingerprint density at radius 1 is 1.23 bits per heavy atom. The molecule has 2 aliphatic rings. The summed E-state index contributed by atoms with van der Waals surface area (Å²) >= 11 is 0. The summed E-state index contributed by atoms with van der Waals surface area (Å²) < 4.78 is 2.35. The van der Waals surface area contributed by atoms with Gasteiger partial charge < -0.3 is 14.8 Å². The number of aliphatic hydroxyl groups is 1. The standard InChI is InChI=1S/C25H33N3O3/c29-23(12-6-13-24(30)31)27-17-14-20-21-11-7-15-26-25(21)28(22(20)18-27)16-5-4-10-19-8-2-1-3-9-19/h2,7-9,11,15,23,29H,1,3-6,10,12-14,16-18H2,(H,30,31). The molecule has 1 unspecified atom stereocenters. The van der Waals surface area contributed by atoms with E-state index in [1.807, 2.05) is 12.3 Å². The number of carboxylic acids is 1. The molecule has 2 N–H and O–H groups in total. The van der Waals surface area contributed by atoms with Crippen LogP contribution in [-0.4, -0.2) is 43.4 Å². The number of aromatic nitrogens is 2. The van der Waals surface area contributed by atoms with Gasteiger partial charge in [0.25, 0.3) is 0 Å². The maximum absolute atomic E-state index is 10.8. The van der Waals surface area contributed by atoms with Gasteiger partial charge in [-0.05, 0) is 69.1 Å². The number of carbonyl (C=O) groups is 1. The van der Waals surface area contributed by atoms with E-state index in [1.165, 1.54) is 22.2 Å². The fourth-order valence-corrected chi connectivity index (χ4v) is 4.85. The molecule has 0 spiro atoms. The van der Waals surface area contributed by atoms with Gasteiger partial charge in [0.05, 0.1) is 0 Å². The highest BCUT2D eigenvalue weighted by atomic mass is 16.4. The molecule has 0 saturated heterocycles. The first-order valence-corrected chi connectivity index (χ1v) is 11.6. The lowest BCUT2D eigenvalue weighted by molar-refractivity contribution is -0.137. The van der Waals surface area contributed by atoms with Gasteiger partial charge >= 0.3 is 5.97 Å². The number of hydrogen-bond donors (Lipinski definition) is 2. The summed E-state index contributed by atoms with van der Waals surface area (Å²) in [6, 6.07) is 4.16. The molecule has 0 radical (unpaired) electrons. The number of nitrogens with zero attached hydrogens (tertiary/aromatic N) is 3. The van der Waals surface area contributed by atoms with Crippen molar-refractivity contribution in [2.75, 3.05) is 6.54 Å². The van der Waals surface area contributed by atoms with E-state index in [-0.39, 0.29) is 6.42 Å². The maximum atomic E-state index is 10.8. The molecule has 0 bridgehead atoms. The van der Waals surface area contributed by atoms with Gasteiger partial charge in [-0.2, -0.15) is 0 Å². The molecule has 0 fully saturated rings. The normalized spacial score (nSPS) is 17.5. The number of carboxylic acid groups (broad SMARTS) is 1. The molecule has 2 aromatic rings. The Balaban J connectivity index is 1.44. The van der Waals surface area contributed by atoms with E-state index < -0.39 is 12.2 Å². The summed E-state index contributed by atoms with van der Waals surface area (Å²) in [6.07, 6.45) is 15.8. The van der Waals surface area contributed by atoms with Crippen LogP contribution in [0.2, 0.25) is 0 Å². The summed E-state index contributed by atoms with van der Waals surface area (Å²) in [4.78, 5) is 17.5. The molecule has 4 rings (SSSR count). The van der Waals surface area contributed by atoms with Crippen molar-refractivity contribution in [2.45, 2.75) is 77.1 Å². The Kier molecular flexibility index (Phi) is 7.20.